The maximum Gasteiger partial charge on any atom is 0.340 e. The van der Waals surface area contributed by atoms with E-state index in [1.165, 1.54) is 19.2 Å². The van der Waals surface area contributed by atoms with Crippen molar-refractivity contribution in [3.8, 4) is 11.5 Å². The summed E-state index contributed by atoms with van der Waals surface area (Å²) in [6, 6.07) is 10.3. The maximum atomic E-state index is 12.5. The highest BCUT2D eigenvalue weighted by Gasteiger charge is 2.23. The van der Waals surface area contributed by atoms with Crippen LogP contribution >= 0.6 is 0 Å². The van der Waals surface area contributed by atoms with Crippen molar-refractivity contribution in [1.29, 1.82) is 0 Å². The molecule has 0 fully saturated rings. The van der Waals surface area contributed by atoms with Crippen LogP contribution in [-0.2, 0) is 16.0 Å². The third-order valence-corrected chi connectivity index (χ3v) is 3.97. The minimum atomic E-state index is -0.592. The summed E-state index contributed by atoms with van der Waals surface area (Å²) in [5.74, 6) is -0.0794. The fourth-order valence-corrected chi connectivity index (χ4v) is 2.74. The SMILES string of the molecule is COC(=O)c1cc2c(cc1NC(=O)Cc1noc3ccccc13)OCO2. The topological polar surface area (TPSA) is 99.9 Å². The minimum absolute atomic E-state index is 0.00787. The summed E-state index contributed by atoms with van der Waals surface area (Å²) in [4.78, 5) is 24.5. The number of ether oxygens (including phenoxy) is 3. The lowest BCUT2D eigenvalue weighted by atomic mass is 10.1. The molecule has 0 saturated heterocycles. The molecule has 0 spiro atoms. The lowest BCUT2D eigenvalue weighted by molar-refractivity contribution is -0.115. The minimum Gasteiger partial charge on any atom is -0.465 e. The number of carbonyl (C=O) groups excluding carboxylic acids is 2. The van der Waals surface area contributed by atoms with E-state index in [1.807, 2.05) is 18.2 Å². The third-order valence-electron chi connectivity index (χ3n) is 3.97. The van der Waals surface area contributed by atoms with Crippen LogP contribution in [0.2, 0.25) is 0 Å². The number of amides is 1. The van der Waals surface area contributed by atoms with Gasteiger partial charge in [-0.1, -0.05) is 17.3 Å². The Morgan fingerprint density at radius 2 is 1.96 bits per heavy atom. The molecule has 8 nitrogen and oxygen atoms in total. The van der Waals surface area contributed by atoms with Gasteiger partial charge < -0.3 is 24.1 Å². The molecule has 26 heavy (non-hydrogen) atoms. The number of benzene rings is 2. The first-order valence-corrected chi connectivity index (χ1v) is 7.81. The molecule has 0 saturated carbocycles. The Morgan fingerprint density at radius 3 is 2.77 bits per heavy atom. The van der Waals surface area contributed by atoms with Crippen molar-refractivity contribution in [3.63, 3.8) is 0 Å². The normalized spacial score (nSPS) is 12.2. The van der Waals surface area contributed by atoms with Gasteiger partial charge in [-0.25, -0.2) is 4.79 Å². The van der Waals surface area contributed by atoms with Crippen molar-refractivity contribution < 1.29 is 28.3 Å². The van der Waals surface area contributed by atoms with Gasteiger partial charge in [0.15, 0.2) is 17.1 Å². The van der Waals surface area contributed by atoms with Crippen LogP contribution in [-0.4, -0.2) is 30.9 Å². The summed E-state index contributed by atoms with van der Waals surface area (Å²) in [6.45, 7) is 0.0538. The molecular formula is C18H14N2O6. The molecule has 1 aliphatic rings. The molecule has 0 aliphatic carbocycles. The summed E-state index contributed by atoms with van der Waals surface area (Å²) in [6.07, 6.45) is -0.00787. The first-order valence-electron chi connectivity index (χ1n) is 7.81. The van der Waals surface area contributed by atoms with E-state index in [2.05, 4.69) is 10.5 Å². The zero-order valence-corrected chi connectivity index (χ0v) is 13.8. The Morgan fingerprint density at radius 1 is 1.19 bits per heavy atom. The Labute approximate surface area is 147 Å². The van der Waals surface area contributed by atoms with E-state index in [0.717, 1.165) is 5.39 Å². The Bertz CT molecular complexity index is 1010. The van der Waals surface area contributed by atoms with Gasteiger partial charge in [0.05, 0.1) is 24.8 Å². The molecule has 2 aromatic carbocycles. The molecule has 0 radical (unpaired) electrons. The zero-order chi connectivity index (χ0) is 18.1. The van der Waals surface area contributed by atoms with Crippen LogP contribution in [0.4, 0.5) is 5.69 Å². The largest absolute Gasteiger partial charge is 0.465 e. The van der Waals surface area contributed by atoms with Crippen molar-refractivity contribution in [2.75, 3.05) is 19.2 Å². The highest BCUT2D eigenvalue weighted by atomic mass is 16.7. The number of methoxy groups -OCH3 is 1. The molecule has 1 aliphatic heterocycles. The number of esters is 1. The smallest absolute Gasteiger partial charge is 0.340 e. The monoisotopic (exact) mass is 354 g/mol. The second kappa shape index (κ2) is 6.40. The Hall–Kier alpha value is -3.55. The first kappa shape index (κ1) is 15.9. The van der Waals surface area contributed by atoms with Crippen molar-refractivity contribution in [1.82, 2.24) is 5.16 Å². The molecule has 2 heterocycles. The van der Waals surface area contributed by atoms with Crippen molar-refractivity contribution in [2.24, 2.45) is 0 Å². The van der Waals surface area contributed by atoms with Crippen LogP contribution in [0.1, 0.15) is 16.1 Å². The standard InChI is InChI=1S/C18H14N2O6/c1-23-18(22)11-6-15-16(25-9-24-15)7-12(11)19-17(21)8-13-10-4-2-3-5-14(10)26-20-13/h2-7H,8-9H2,1H3,(H,19,21). The quantitative estimate of drug-likeness (QED) is 0.719. The van der Waals surface area contributed by atoms with Gasteiger partial charge in [0.2, 0.25) is 12.7 Å². The van der Waals surface area contributed by atoms with E-state index in [0.29, 0.717) is 22.8 Å². The van der Waals surface area contributed by atoms with Gasteiger partial charge in [0.25, 0.3) is 0 Å². The van der Waals surface area contributed by atoms with E-state index in [9.17, 15) is 9.59 Å². The lowest BCUT2D eigenvalue weighted by Gasteiger charge is -2.10. The van der Waals surface area contributed by atoms with Crippen LogP contribution in [0, 0.1) is 0 Å². The van der Waals surface area contributed by atoms with Crippen molar-refractivity contribution in [2.45, 2.75) is 6.42 Å². The van der Waals surface area contributed by atoms with Gasteiger partial charge in [-0.2, -0.15) is 0 Å². The number of anilines is 1. The van der Waals surface area contributed by atoms with Gasteiger partial charge >= 0.3 is 5.97 Å². The summed E-state index contributed by atoms with van der Waals surface area (Å²) in [7, 11) is 1.26. The number of aromatic nitrogens is 1. The molecule has 4 rings (SSSR count). The number of hydrogen-bond acceptors (Lipinski definition) is 7. The molecular weight excluding hydrogens is 340 g/mol. The number of hydrogen-bond donors (Lipinski definition) is 1. The molecule has 0 unspecified atom stereocenters. The zero-order valence-electron chi connectivity index (χ0n) is 13.8. The number of para-hydroxylation sites is 1. The summed E-state index contributed by atoms with van der Waals surface area (Å²) in [5, 5.41) is 7.40. The number of nitrogens with one attached hydrogen (secondary N) is 1. The second-order valence-electron chi connectivity index (χ2n) is 5.59. The summed E-state index contributed by atoms with van der Waals surface area (Å²) < 4.78 is 20.5. The van der Waals surface area contributed by atoms with Crippen LogP contribution in [0.5, 0.6) is 11.5 Å². The fourth-order valence-electron chi connectivity index (χ4n) is 2.74. The van der Waals surface area contributed by atoms with Gasteiger partial charge in [-0.3, -0.25) is 4.79 Å². The van der Waals surface area contributed by atoms with Gasteiger partial charge in [0, 0.05) is 17.5 Å². The fraction of sp³-hybridized carbons (Fsp3) is 0.167. The third kappa shape index (κ3) is 2.81. The highest BCUT2D eigenvalue weighted by Crippen LogP contribution is 2.37. The molecule has 0 bridgehead atoms. The molecule has 1 N–H and O–H groups in total. The predicted molar refractivity (Wildman–Crippen MR) is 90.2 cm³/mol. The molecule has 3 aromatic rings. The molecule has 0 atom stereocenters. The number of fused-ring (bicyclic) bond motifs is 2. The Balaban J connectivity index is 1.60. The highest BCUT2D eigenvalue weighted by molar-refractivity contribution is 6.03. The summed E-state index contributed by atoms with van der Waals surface area (Å²) in [5.41, 5.74) is 1.57. The average molecular weight is 354 g/mol. The van der Waals surface area contributed by atoms with Crippen LogP contribution in [0.15, 0.2) is 40.9 Å². The number of rotatable bonds is 4. The Kier molecular flexibility index (Phi) is 3.92. The van der Waals surface area contributed by atoms with Gasteiger partial charge in [0.1, 0.15) is 5.69 Å². The predicted octanol–water partition coefficient (Wildman–Crippen LogP) is 2.52. The lowest BCUT2D eigenvalue weighted by Crippen LogP contribution is -2.17. The molecule has 132 valence electrons. The molecule has 1 aromatic heterocycles. The van der Waals surface area contributed by atoms with Crippen LogP contribution in [0.25, 0.3) is 11.0 Å². The number of carbonyl (C=O) groups is 2. The van der Waals surface area contributed by atoms with Gasteiger partial charge in [-0.05, 0) is 12.1 Å². The molecule has 8 heteroatoms. The second-order valence-corrected chi connectivity index (χ2v) is 5.59. The summed E-state index contributed by atoms with van der Waals surface area (Å²) >= 11 is 0. The van der Waals surface area contributed by atoms with E-state index >= 15 is 0 Å². The maximum absolute atomic E-state index is 12.5. The number of nitrogens with zero attached hydrogens (tertiary/aromatic N) is 1. The van der Waals surface area contributed by atoms with Crippen molar-refractivity contribution >= 4 is 28.5 Å². The van der Waals surface area contributed by atoms with Crippen molar-refractivity contribution in [3.05, 3.63) is 47.7 Å². The average Bonchev–Trinajstić information content (AvgIpc) is 3.27. The van der Waals surface area contributed by atoms with E-state index in [1.54, 1.807) is 6.07 Å². The van der Waals surface area contributed by atoms with E-state index in [4.69, 9.17) is 18.7 Å². The van der Waals surface area contributed by atoms with Crippen LogP contribution in [0.3, 0.4) is 0 Å². The first-order chi connectivity index (χ1) is 12.7. The molecule has 1 amide bonds. The van der Waals surface area contributed by atoms with Gasteiger partial charge in [-0.15, -0.1) is 0 Å². The van der Waals surface area contributed by atoms with E-state index < -0.39 is 5.97 Å². The van der Waals surface area contributed by atoms with Crippen LogP contribution < -0.4 is 14.8 Å². The van der Waals surface area contributed by atoms with E-state index in [-0.39, 0.29) is 30.4 Å².